The molecular weight excluding hydrogens is 274 g/mol. The highest BCUT2D eigenvalue weighted by atomic mass is 35.5. The molecule has 0 spiro atoms. The molecule has 1 unspecified atom stereocenters. The summed E-state index contributed by atoms with van der Waals surface area (Å²) in [7, 11) is 0. The zero-order chi connectivity index (χ0) is 15.3. The van der Waals surface area contributed by atoms with E-state index in [1.54, 1.807) is 6.92 Å². The molecule has 4 heteroatoms. The number of hydrogen-bond acceptors (Lipinski definition) is 2. The number of amides is 1. The number of rotatable bonds is 6. The summed E-state index contributed by atoms with van der Waals surface area (Å²) in [6, 6.07) is 3.93. The van der Waals surface area contributed by atoms with Crippen molar-refractivity contribution < 1.29 is 9.53 Å². The van der Waals surface area contributed by atoms with Gasteiger partial charge < -0.3 is 10.1 Å². The molecule has 1 atom stereocenters. The predicted molar refractivity (Wildman–Crippen MR) is 83.5 cm³/mol. The topological polar surface area (TPSA) is 38.3 Å². The van der Waals surface area contributed by atoms with Gasteiger partial charge in [0.05, 0.1) is 0 Å². The normalized spacial score (nSPS) is 12.3. The Balaban J connectivity index is 2.70. The quantitative estimate of drug-likeness (QED) is 0.861. The Morgan fingerprint density at radius 2 is 1.75 bits per heavy atom. The van der Waals surface area contributed by atoms with Crippen LogP contribution in [0.25, 0.3) is 0 Å². The highest BCUT2D eigenvalue weighted by molar-refractivity contribution is 6.32. The van der Waals surface area contributed by atoms with Crippen LogP contribution in [0.5, 0.6) is 5.75 Å². The maximum Gasteiger partial charge on any atom is 0.260 e. The van der Waals surface area contributed by atoms with E-state index in [9.17, 15) is 4.79 Å². The Labute approximate surface area is 126 Å². The fraction of sp³-hybridized carbons (Fsp3) is 0.562. The van der Waals surface area contributed by atoms with Crippen LogP contribution in [0.2, 0.25) is 5.02 Å². The van der Waals surface area contributed by atoms with Crippen LogP contribution < -0.4 is 10.1 Å². The number of carbonyl (C=O) groups excluding carboxylic acids is 1. The standard InChI is InChI=1S/C16H24ClNO2/c1-6-13(7-2)18-16(19)12(5)20-14-8-10(3)15(17)11(4)9-14/h8-9,12-13H,6-7H2,1-5H3,(H,18,19). The molecule has 0 bridgehead atoms. The minimum atomic E-state index is -0.518. The fourth-order valence-corrected chi connectivity index (χ4v) is 2.15. The molecule has 1 aromatic rings. The molecule has 3 nitrogen and oxygen atoms in total. The molecule has 0 fully saturated rings. The van der Waals surface area contributed by atoms with Crippen LogP contribution in [0, 0.1) is 13.8 Å². The summed E-state index contributed by atoms with van der Waals surface area (Å²) in [6.07, 6.45) is 1.33. The second kappa shape index (κ2) is 7.53. The first-order chi connectivity index (χ1) is 9.38. The Hall–Kier alpha value is -1.22. The van der Waals surface area contributed by atoms with E-state index in [0.29, 0.717) is 5.75 Å². The molecule has 112 valence electrons. The maximum absolute atomic E-state index is 12.1. The minimum Gasteiger partial charge on any atom is -0.481 e. The number of benzene rings is 1. The van der Waals surface area contributed by atoms with Crippen LogP contribution in [0.4, 0.5) is 0 Å². The summed E-state index contributed by atoms with van der Waals surface area (Å²) < 4.78 is 5.71. The van der Waals surface area contributed by atoms with Gasteiger partial charge in [0.2, 0.25) is 0 Å². The molecule has 1 N–H and O–H groups in total. The summed E-state index contributed by atoms with van der Waals surface area (Å²) in [4.78, 5) is 12.1. The van der Waals surface area contributed by atoms with Crippen molar-refractivity contribution in [2.45, 2.75) is 59.6 Å². The van der Waals surface area contributed by atoms with Gasteiger partial charge in [0.25, 0.3) is 5.91 Å². The van der Waals surface area contributed by atoms with Crippen molar-refractivity contribution in [1.82, 2.24) is 5.32 Å². The van der Waals surface area contributed by atoms with Crippen molar-refractivity contribution in [2.24, 2.45) is 0 Å². The van der Waals surface area contributed by atoms with E-state index in [0.717, 1.165) is 29.0 Å². The summed E-state index contributed by atoms with van der Waals surface area (Å²) in [5, 5.41) is 3.73. The van der Waals surface area contributed by atoms with Gasteiger partial charge in [0, 0.05) is 11.1 Å². The largest absolute Gasteiger partial charge is 0.481 e. The summed E-state index contributed by atoms with van der Waals surface area (Å²) in [6.45, 7) is 9.74. The van der Waals surface area contributed by atoms with Gasteiger partial charge in [-0.3, -0.25) is 4.79 Å². The zero-order valence-corrected chi connectivity index (χ0v) is 13.7. The zero-order valence-electron chi connectivity index (χ0n) is 12.9. The van der Waals surface area contributed by atoms with Gasteiger partial charge in [-0.2, -0.15) is 0 Å². The highest BCUT2D eigenvalue weighted by Gasteiger charge is 2.18. The van der Waals surface area contributed by atoms with Gasteiger partial charge in [-0.15, -0.1) is 0 Å². The van der Waals surface area contributed by atoms with Crippen molar-refractivity contribution in [3.05, 3.63) is 28.3 Å². The molecule has 0 saturated carbocycles. The number of carbonyl (C=O) groups is 1. The Bertz CT molecular complexity index is 447. The lowest BCUT2D eigenvalue weighted by Crippen LogP contribution is -2.42. The third-order valence-corrected chi connectivity index (χ3v) is 4.02. The first-order valence-electron chi connectivity index (χ1n) is 7.12. The number of ether oxygens (including phenoxy) is 1. The molecule has 0 aromatic heterocycles. The Morgan fingerprint density at radius 3 is 2.20 bits per heavy atom. The van der Waals surface area contributed by atoms with Crippen molar-refractivity contribution >= 4 is 17.5 Å². The van der Waals surface area contributed by atoms with E-state index < -0.39 is 6.10 Å². The fourth-order valence-electron chi connectivity index (χ4n) is 2.04. The third kappa shape index (κ3) is 4.41. The molecule has 0 radical (unpaired) electrons. The van der Waals surface area contributed by atoms with Crippen LogP contribution in [0.1, 0.15) is 44.7 Å². The lowest BCUT2D eigenvalue weighted by Gasteiger charge is -2.20. The van der Waals surface area contributed by atoms with Crippen LogP contribution in [-0.4, -0.2) is 18.1 Å². The second-order valence-corrected chi connectivity index (χ2v) is 5.53. The van der Waals surface area contributed by atoms with Crippen molar-refractivity contribution in [2.75, 3.05) is 0 Å². The summed E-state index contributed by atoms with van der Waals surface area (Å²) in [5.74, 6) is 0.598. The second-order valence-electron chi connectivity index (χ2n) is 5.15. The van der Waals surface area contributed by atoms with E-state index in [1.165, 1.54) is 0 Å². The predicted octanol–water partition coefficient (Wildman–Crippen LogP) is 4.03. The number of hydrogen-bond donors (Lipinski definition) is 1. The molecule has 0 aliphatic rings. The molecule has 0 aliphatic heterocycles. The van der Waals surface area contributed by atoms with Crippen molar-refractivity contribution in [1.29, 1.82) is 0 Å². The van der Waals surface area contributed by atoms with Crippen LogP contribution in [-0.2, 0) is 4.79 Å². The summed E-state index contributed by atoms with van der Waals surface area (Å²) in [5.41, 5.74) is 1.91. The van der Waals surface area contributed by atoms with Gasteiger partial charge in [0.15, 0.2) is 6.10 Å². The van der Waals surface area contributed by atoms with Crippen LogP contribution in [0.3, 0.4) is 0 Å². The lowest BCUT2D eigenvalue weighted by atomic mass is 10.1. The van der Waals surface area contributed by atoms with E-state index >= 15 is 0 Å². The van der Waals surface area contributed by atoms with Gasteiger partial charge in [-0.1, -0.05) is 25.4 Å². The van der Waals surface area contributed by atoms with Crippen LogP contribution >= 0.6 is 11.6 Å². The van der Waals surface area contributed by atoms with Gasteiger partial charge in [0.1, 0.15) is 5.75 Å². The Morgan fingerprint density at radius 1 is 1.25 bits per heavy atom. The van der Waals surface area contributed by atoms with Gasteiger partial charge in [-0.05, 0) is 56.9 Å². The van der Waals surface area contributed by atoms with Crippen molar-refractivity contribution in [3.63, 3.8) is 0 Å². The molecule has 0 saturated heterocycles. The number of aryl methyl sites for hydroxylation is 2. The molecule has 20 heavy (non-hydrogen) atoms. The maximum atomic E-state index is 12.1. The van der Waals surface area contributed by atoms with Gasteiger partial charge in [-0.25, -0.2) is 0 Å². The molecule has 1 aromatic carbocycles. The van der Waals surface area contributed by atoms with E-state index in [1.807, 2.05) is 26.0 Å². The lowest BCUT2D eigenvalue weighted by molar-refractivity contribution is -0.128. The first kappa shape index (κ1) is 16.8. The molecule has 1 amide bonds. The third-order valence-electron chi connectivity index (χ3n) is 3.42. The highest BCUT2D eigenvalue weighted by Crippen LogP contribution is 2.26. The molecule has 1 rings (SSSR count). The summed E-state index contributed by atoms with van der Waals surface area (Å²) >= 11 is 6.12. The van der Waals surface area contributed by atoms with Crippen molar-refractivity contribution in [3.8, 4) is 5.75 Å². The molecule has 0 aliphatic carbocycles. The Kier molecular flexibility index (Phi) is 6.34. The SMILES string of the molecule is CCC(CC)NC(=O)C(C)Oc1cc(C)c(Cl)c(C)c1. The number of nitrogens with one attached hydrogen (secondary N) is 1. The minimum absolute atomic E-state index is 0.0797. The van der Waals surface area contributed by atoms with Crippen LogP contribution in [0.15, 0.2) is 12.1 Å². The van der Waals surface area contributed by atoms with Gasteiger partial charge >= 0.3 is 0 Å². The van der Waals surface area contributed by atoms with E-state index in [4.69, 9.17) is 16.3 Å². The molecule has 0 heterocycles. The first-order valence-corrected chi connectivity index (χ1v) is 7.50. The average molecular weight is 298 g/mol. The monoisotopic (exact) mass is 297 g/mol. The average Bonchev–Trinajstić information content (AvgIpc) is 2.41. The molecular formula is C16H24ClNO2. The van der Waals surface area contributed by atoms with E-state index in [-0.39, 0.29) is 11.9 Å². The van der Waals surface area contributed by atoms with E-state index in [2.05, 4.69) is 19.2 Å². The smallest absolute Gasteiger partial charge is 0.260 e. The number of halogens is 1.